The molecule has 1 atom stereocenters. The summed E-state index contributed by atoms with van der Waals surface area (Å²) >= 11 is 0. The zero-order valence-electron chi connectivity index (χ0n) is 9.90. The Balaban J connectivity index is 2.23. The summed E-state index contributed by atoms with van der Waals surface area (Å²) in [5.41, 5.74) is 0. The molecule has 3 N–H and O–H groups in total. The third-order valence-electron chi connectivity index (χ3n) is 2.93. The van der Waals surface area contributed by atoms with Gasteiger partial charge in [-0.05, 0) is 5.92 Å². The molecule has 1 aliphatic rings. The maximum absolute atomic E-state index is 11.3. The Kier molecular flexibility index (Phi) is 4.45. The van der Waals surface area contributed by atoms with E-state index in [1.54, 1.807) is 6.92 Å². The molecule has 17 heavy (non-hydrogen) atoms. The topological polar surface area (TPSA) is 98.7 Å². The highest BCUT2D eigenvalue weighted by molar-refractivity contribution is 5.95. The Bertz CT molecular complexity index is 326. The maximum atomic E-state index is 11.3. The second kappa shape index (κ2) is 5.62. The van der Waals surface area contributed by atoms with Gasteiger partial charge in [-0.3, -0.25) is 19.8 Å². The van der Waals surface area contributed by atoms with Crippen LogP contribution in [0, 0.1) is 11.8 Å². The Labute approximate surface area is 99.2 Å². The summed E-state index contributed by atoms with van der Waals surface area (Å²) in [6, 6.07) is -0.536. The van der Waals surface area contributed by atoms with Crippen LogP contribution in [0.15, 0.2) is 0 Å². The molecule has 1 aliphatic heterocycles. The zero-order valence-corrected chi connectivity index (χ0v) is 9.90. The summed E-state index contributed by atoms with van der Waals surface area (Å²) in [4.78, 5) is 34.6. The molecule has 0 aromatic rings. The van der Waals surface area contributed by atoms with Crippen LogP contribution in [0.3, 0.4) is 0 Å². The minimum Gasteiger partial charge on any atom is -0.481 e. The van der Waals surface area contributed by atoms with Gasteiger partial charge in [-0.1, -0.05) is 6.92 Å². The second-order valence-corrected chi connectivity index (χ2v) is 4.21. The first-order valence-electron chi connectivity index (χ1n) is 5.40. The van der Waals surface area contributed by atoms with Crippen LogP contribution < -0.4 is 10.6 Å². The number of nitrogens with zero attached hydrogens (tertiary/aromatic N) is 1. The van der Waals surface area contributed by atoms with Crippen LogP contribution in [-0.4, -0.2) is 54.6 Å². The number of rotatable bonds is 4. The number of urea groups is 1. The minimum absolute atomic E-state index is 0.0836. The summed E-state index contributed by atoms with van der Waals surface area (Å²) in [7, 11) is 1.43. The van der Waals surface area contributed by atoms with Crippen molar-refractivity contribution in [3.63, 3.8) is 0 Å². The van der Waals surface area contributed by atoms with Crippen LogP contribution in [0.25, 0.3) is 0 Å². The highest BCUT2D eigenvalue weighted by Crippen LogP contribution is 2.23. The number of carbonyl (C=O) groups excluding carboxylic acids is 2. The SMILES string of the molecule is CNC(=O)NC(=O)CN1CC(C(C)C(=O)O)C1. The average Bonchev–Trinajstić information content (AvgIpc) is 2.21. The second-order valence-electron chi connectivity index (χ2n) is 4.21. The molecule has 0 aliphatic carbocycles. The molecule has 1 unspecified atom stereocenters. The van der Waals surface area contributed by atoms with Crippen LogP contribution in [0.5, 0.6) is 0 Å². The molecule has 0 spiro atoms. The van der Waals surface area contributed by atoms with Crippen LogP contribution in [0.1, 0.15) is 6.92 Å². The van der Waals surface area contributed by atoms with E-state index in [-0.39, 0.29) is 18.4 Å². The normalized spacial score (nSPS) is 18.0. The van der Waals surface area contributed by atoms with Gasteiger partial charge in [0.25, 0.3) is 0 Å². The van der Waals surface area contributed by atoms with E-state index in [9.17, 15) is 14.4 Å². The van der Waals surface area contributed by atoms with E-state index in [4.69, 9.17) is 5.11 Å². The van der Waals surface area contributed by atoms with Gasteiger partial charge in [0.1, 0.15) is 0 Å². The molecule has 7 nitrogen and oxygen atoms in total. The van der Waals surface area contributed by atoms with Gasteiger partial charge in [-0.2, -0.15) is 0 Å². The van der Waals surface area contributed by atoms with Crippen LogP contribution >= 0.6 is 0 Å². The Morgan fingerprint density at radius 1 is 1.41 bits per heavy atom. The largest absolute Gasteiger partial charge is 0.481 e. The number of carboxylic acid groups (broad SMARTS) is 1. The number of hydrogen-bond donors (Lipinski definition) is 3. The lowest BCUT2D eigenvalue weighted by Crippen LogP contribution is -2.54. The number of imide groups is 1. The Hall–Kier alpha value is -1.63. The summed E-state index contributed by atoms with van der Waals surface area (Å²) in [6.07, 6.45) is 0. The standard InChI is InChI=1S/C10H17N3O4/c1-6(9(15)16)7-3-13(4-7)5-8(14)12-10(17)11-2/h6-7H,3-5H2,1-2H3,(H,15,16)(H2,11,12,14,17). The molecule has 0 aromatic carbocycles. The molecule has 96 valence electrons. The van der Waals surface area contributed by atoms with Gasteiger partial charge in [0.2, 0.25) is 5.91 Å². The fourth-order valence-corrected chi connectivity index (χ4v) is 1.69. The molecule has 3 amide bonds. The third kappa shape index (κ3) is 3.70. The minimum atomic E-state index is -0.815. The first-order chi connectivity index (χ1) is 7.93. The number of likely N-dealkylation sites (tertiary alicyclic amines) is 1. The smallest absolute Gasteiger partial charge is 0.321 e. The quantitative estimate of drug-likeness (QED) is 0.594. The third-order valence-corrected chi connectivity index (χ3v) is 2.93. The van der Waals surface area contributed by atoms with E-state index in [1.165, 1.54) is 7.05 Å². The molecule has 0 radical (unpaired) electrons. The number of amides is 3. The van der Waals surface area contributed by atoms with Crippen molar-refractivity contribution in [3.8, 4) is 0 Å². The monoisotopic (exact) mass is 243 g/mol. The molecular formula is C10H17N3O4. The maximum Gasteiger partial charge on any atom is 0.321 e. The Morgan fingerprint density at radius 3 is 2.47 bits per heavy atom. The van der Waals surface area contributed by atoms with E-state index in [0.717, 1.165) is 0 Å². The van der Waals surface area contributed by atoms with Crippen molar-refractivity contribution in [2.75, 3.05) is 26.7 Å². The average molecular weight is 243 g/mol. The predicted molar refractivity (Wildman–Crippen MR) is 59.3 cm³/mol. The van der Waals surface area contributed by atoms with E-state index < -0.39 is 17.9 Å². The molecule has 0 aromatic heterocycles. The van der Waals surface area contributed by atoms with Gasteiger partial charge >= 0.3 is 12.0 Å². The molecule has 1 rings (SSSR count). The lowest BCUT2D eigenvalue weighted by molar-refractivity contribution is -0.145. The number of hydrogen-bond acceptors (Lipinski definition) is 4. The number of aliphatic carboxylic acids is 1. The zero-order chi connectivity index (χ0) is 13.0. The highest BCUT2D eigenvalue weighted by Gasteiger charge is 2.35. The van der Waals surface area contributed by atoms with Crippen LogP contribution in [-0.2, 0) is 9.59 Å². The van der Waals surface area contributed by atoms with Crippen molar-refractivity contribution >= 4 is 17.9 Å². The van der Waals surface area contributed by atoms with Gasteiger partial charge in [0.05, 0.1) is 12.5 Å². The number of carbonyl (C=O) groups is 3. The fraction of sp³-hybridized carbons (Fsp3) is 0.700. The number of nitrogens with one attached hydrogen (secondary N) is 2. The molecule has 0 saturated carbocycles. The number of carboxylic acids is 1. The van der Waals surface area contributed by atoms with Gasteiger partial charge in [-0.25, -0.2) is 4.79 Å². The molecule has 1 saturated heterocycles. The summed E-state index contributed by atoms with van der Waals surface area (Å²) in [6.45, 7) is 2.94. The van der Waals surface area contributed by atoms with Gasteiger partial charge in [0, 0.05) is 20.1 Å². The van der Waals surface area contributed by atoms with E-state index >= 15 is 0 Å². The van der Waals surface area contributed by atoms with Crippen LogP contribution in [0.2, 0.25) is 0 Å². The first-order valence-corrected chi connectivity index (χ1v) is 5.40. The van der Waals surface area contributed by atoms with Gasteiger partial charge in [0.15, 0.2) is 0 Å². The molecular weight excluding hydrogens is 226 g/mol. The molecule has 1 heterocycles. The lowest BCUT2D eigenvalue weighted by atomic mass is 9.87. The lowest BCUT2D eigenvalue weighted by Gasteiger charge is -2.40. The predicted octanol–water partition coefficient (Wildman–Crippen LogP) is -0.905. The van der Waals surface area contributed by atoms with Crippen molar-refractivity contribution in [2.24, 2.45) is 11.8 Å². The van der Waals surface area contributed by atoms with Crippen molar-refractivity contribution < 1.29 is 19.5 Å². The summed E-state index contributed by atoms with van der Waals surface area (Å²) < 4.78 is 0. The van der Waals surface area contributed by atoms with Gasteiger partial charge < -0.3 is 10.4 Å². The Morgan fingerprint density at radius 2 is 2.00 bits per heavy atom. The summed E-state index contributed by atoms with van der Waals surface area (Å²) in [5.74, 6) is -1.51. The van der Waals surface area contributed by atoms with E-state index in [1.807, 2.05) is 4.90 Å². The van der Waals surface area contributed by atoms with E-state index in [0.29, 0.717) is 13.1 Å². The van der Waals surface area contributed by atoms with Crippen molar-refractivity contribution in [2.45, 2.75) is 6.92 Å². The molecule has 0 bridgehead atoms. The highest BCUT2D eigenvalue weighted by atomic mass is 16.4. The molecule has 7 heteroatoms. The van der Waals surface area contributed by atoms with Gasteiger partial charge in [-0.15, -0.1) is 0 Å². The fourth-order valence-electron chi connectivity index (χ4n) is 1.69. The van der Waals surface area contributed by atoms with Crippen molar-refractivity contribution in [1.29, 1.82) is 0 Å². The van der Waals surface area contributed by atoms with Crippen molar-refractivity contribution in [3.05, 3.63) is 0 Å². The molecule has 1 fully saturated rings. The summed E-state index contributed by atoms with van der Waals surface area (Å²) in [5, 5.41) is 13.2. The first kappa shape index (κ1) is 13.4. The van der Waals surface area contributed by atoms with Crippen molar-refractivity contribution in [1.82, 2.24) is 15.5 Å². The van der Waals surface area contributed by atoms with E-state index in [2.05, 4.69) is 10.6 Å². The van der Waals surface area contributed by atoms with Crippen LogP contribution in [0.4, 0.5) is 4.79 Å².